The van der Waals surface area contributed by atoms with E-state index in [-0.39, 0.29) is 18.1 Å². The van der Waals surface area contributed by atoms with E-state index in [2.05, 4.69) is 43.5 Å². The van der Waals surface area contributed by atoms with E-state index in [0.717, 1.165) is 55.6 Å². The third-order valence-corrected chi connectivity index (χ3v) is 6.65. The number of ether oxygens (including phenoxy) is 1. The third kappa shape index (κ3) is 25.4. The maximum Gasteiger partial charge on any atom is 0.410 e. The Morgan fingerprint density at radius 3 is 2.00 bits per heavy atom. The molecule has 0 unspecified atom stereocenters. The number of primary amides is 1. The van der Waals surface area contributed by atoms with E-state index in [4.69, 9.17) is 9.53 Å². The number of likely N-dealkylation sites (tertiary alicyclic amines) is 1. The predicted octanol–water partition coefficient (Wildman–Crippen LogP) is 7.95. The molecule has 1 aliphatic carbocycles. The van der Waals surface area contributed by atoms with Crippen molar-refractivity contribution < 1.29 is 19.1 Å². The second-order valence-corrected chi connectivity index (χ2v) is 11.4. The van der Waals surface area contributed by atoms with Crippen molar-refractivity contribution in [1.29, 1.82) is 0 Å². The van der Waals surface area contributed by atoms with Crippen LogP contribution in [0.5, 0.6) is 0 Å². The molecule has 1 aromatic heterocycles. The monoisotopic (exact) mass is 659 g/mol. The lowest BCUT2D eigenvalue weighted by Crippen LogP contribution is -2.42. The Kier molecular flexibility index (Phi) is 28.8. The number of halogens is 1. The van der Waals surface area contributed by atoms with Crippen LogP contribution in [0.1, 0.15) is 125 Å². The number of hydrogen-bond donors (Lipinski definition) is 3. The van der Waals surface area contributed by atoms with Crippen molar-refractivity contribution in [3.8, 4) is 0 Å². The van der Waals surface area contributed by atoms with Crippen molar-refractivity contribution in [3.63, 3.8) is 0 Å². The lowest BCUT2D eigenvalue weighted by atomic mass is 9.94. The van der Waals surface area contributed by atoms with Gasteiger partial charge in [0.15, 0.2) is 0 Å². The number of hydrogen-bond acceptors (Lipinski definition) is 6. The number of piperidine rings is 1. The summed E-state index contributed by atoms with van der Waals surface area (Å²) in [5.41, 5.74) is 4.42. The summed E-state index contributed by atoms with van der Waals surface area (Å²) >= 11 is 3.33. The van der Waals surface area contributed by atoms with Crippen molar-refractivity contribution in [2.24, 2.45) is 11.1 Å². The van der Waals surface area contributed by atoms with E-state index in [1.165, 1.54) is 32.1 Å². The molecule has 2 heterocycles. The van der Waals surface area contributed by atoms with Gasteiger partial charge in [0.1, 0.15) is 21.8 Å². The van der Waals surface area contributed by atoms with Crippen LogP contribution in [0.2, 0.25) is 0 Å². The molecule has 2 amide bonds. The fraction of sp³-hybridized carbons (Fsp3) is 0.750. The standard InChI is InChI=1S/C12H19BrN2O.C12H21NO2.C3H7N.2C2H6.CH3NO/c1-2-10(16)7-5-3-4-6-8-12-14-9-11(13)15-12;1-11(2,3)15-10(14)13-8-6-12(4-5-12)7-9-13;1-3-4-2;2*1-2;2-1-3/h9H,2-8H2,1H3,(H,14,15);4-9H2,1-3H3;3-4H,1H2,2H3;2*1-2H3;1H,(H2,2,3). The molecule has 1 aromatic rings. The zero-order valence-corrected chi connectivity index (χ0v) is 29.7. The van der Waals surface area contributed by atoms with Crippen LogP contribution in [0.15, 0.2) is 23.6 Å². The summed E-state index contributed by atoms with van der Waals surface area (Å²) in [5, 5.41) is 2.69. The topological polar surface area (TPSA) is 130 Å². The lowest BCUT2D eigenvalue weighted by Gasteiger charge is -2.33. The van der Waals surface area contributed by atoms with Crippen LogP contribution < -0.4 is 11.1 Å². The van der Waals surface area contributed by atoms with Gasteiger partial charge in [-0.2, -0.15) is 0 Å². The van der Waals surface area contributed by atoms with E-state index in [9.17, 15) is 9.59 Å². The number of nitrogens with two attached hydrogens (primary N) is 1. The van der Waals surface area contributed by atoms with Gasteiger partial charge < -0.3 is 25.7 Å². The minimum Gasteiger partial charge on any atom is -0.444 e. The molecule has 1 saturated heterocycles. The Balaban J connectivity index is -0.000000541. The van der Waals surface area contributed by atoms with Crippen LogP contribution in [0, 0.1) is 5.41 Å². The number of imidazole rings is 1. The summed E-state index contributed by atoms with van der Waals surface area (Å²) in [6.07, 6.45) is 15.5. The molecule has 0 aromatic carbocycles. The minimum absolute atomic E-state index is 0.141. The summed E-state index contributed by atoms with van der Waals surface area (Å²) in [4.78, 5) is 40.6. The van der Waals surface area contributed by atoms with Gasteiger partial charge in [0.05, 0.1) is 6.20 Å². The quantitative estimate of drug-likeness (QED) is 0.182. The molecule has 2 fully saturated rings. The average molecular weight is 661 g/mol. The number of carbonyl (C=O) groups excluding carboxylic acids is 3. The molecule has 42 heavy (non-hydrogen) atoms. The first kappa shape index (κ1) is 44.1. The Bertz CT molecular complexity index is 810. The maximum absolute atomic E-state index is 11.7. The van der Waals surface area contributed by atoms with Crippen LogP contribution in [-0.2, 0) is 20.7 Å². The van der Waals surface area contributed by atoms with Crippen molar-refractivity contribution >= 4 is 34.2 Å². The number of nitrogens with one attached hydrogen (secondary N) is 2. The largest absolute Gasteiger partial charge is 0.444 e. The molecular formula is C32H62BrN5O4. The first-order valence-electron chi connectivity index (χ1n) is 15.6. The summed E-state index contributed by atoms with van der Waals surface area (Å²) in [7, 11) is 1.81. The average Bonchev–Trinajstić information content (AvgIpc) is 3.60. The van der Waals surface area contributed by atoms with E-state index in [0.29, 0.717) is 17.6 Å². The molecule has 9 nitrogen and oxygen atoms in total. The molecule has 246 valence electrons. The number of carbonyl (C=O) groups is 3. The zero-order chi connectivity index (χ0) is 33.0. The van der Waals surface area contributed by atoms with Crippen LogP contribution in [0.25, 0.3) is 0 Å². The molecule has 0 bridgehead atoms. The molecule has 0 atom stereocenters. The molecule has 2 aliphatic rings. The summed E-state index contributed by atoms with van der Waals surface area (Å²) in [6, 6.07) is 0. The number of aromatic nitrogens is 2. The van der Waals surface area contributed by atoms with Crippen LogP contribution >= 0.6 is 15.9 Å². The van der Waals surface area contributed by atoms with Crippen molar-refractivity contribution in [2.45, 2.75) is 132 Å². The number of amides is 2. The van der Waals surface area contributed by atoms with Gasteiger partial charge in [-0.05, 0) is 86.8 Å². The lowest BCUT2D eigenvalue weighted by molar-refractivity contribution is -0.118. The maximum atomic E-state index is 11.7. The molecule has 0 radical (unpaired) electrons. The van der Waals surface area contributed by atoms with Gasteiger partial charge in [-0.3, -0.25) is 9.59 Å². The highest BCUT2D eigenvalue weighted by atomic mass is 79.9. The first-order chi connectivity index (χ1) is 20.0. The van der Waals surface area contributed by atoms with E-state index >= 15 is 0 Å². The normalized spacial score (nSPS) is 13.7. The van der Waals surface area contributed by atoms with Gasteiger partial charge in [0.25, 0.3) is 0 Å². The molecule has 10 heteroatoms. The number of ketones is 1. The zero-order valence-electron chi connectivity index (χ0n) is 28.1. The molecule has 1 aliphatic heterocycles. The van der Waals surface area contributed by atoms with Gasteiger partial charge in [-0.1, -0.05) is 54.0 Å². The summed E-state index contributed by atoms with van der Waals surface area (Å²) < 4.78 is 6.29. The fourth-order valence-corrected chi connectivity index (χ4v) is 4.11. The Morgan fingerprint density at radius 2 is 1.62 bits per heavy atom. The highest BCUT2D eigenvalue weighted by molar-refractivity contribution is 9.10. The van der Waals surface area contributed by atoms with Crippen LogP contribution in [-0.4, -0.2) is 58.9 Å². The molecule has 1 saturated carbocycles. The minimum atomic E-state index is -0.369. The number of aromatic amines is 1. The molecule has 1 spiro atoms. The van der Waals surface area contributed by atoms with Crippen molar-refractivity contribution in [2.75, 3.05) is 20.1 Å². The van der Waals surface area contributed by atoms with Gasteiger partial charge >= 0.3 is 6.09 Å². The second-order valence-electron chi connectivity index (χ2n) is 10.6. The van der Waals surface area contributed by atoms with E-state index in [1.807, 2.05) is 67.3 Å². The summed E-state index contributed by atoms with van der Waals surface area (Å²) in [6.45, 7) is 20.8. The fourth-order valence-electron chi connectivity index (χ4n) is 3.78. The van der Waals surface area contributed by atoms with Gasteiger partial charge in [-0.15, -0.1) is 0 Å². The predicted molar refractivity (Wildman–Crippen MR) is 179 cm³/mol. The van der Waals surface area contributed by atoms with E-state index < -0.39 is 0 Å². The second kappa shape index (κ2) is 27.5. The Hall–Kier alpha value is -2.36. The number of nitrogens with zero attached hydrogens (tertiary/aromatic N) is 2. The van der Waals surface area contributed by atoms with Crippen LogP contribution in [0.4, 0.5) is 4.79 Å². The van der Waals surface area contributed by atoms with Gasteiger partial charge in [0, 0.05) is 39.4 Å². The van der Waals surface area contributed by atoms with E-state index in [1.54, 1.807) is 12.4 Å². The number of Topliss-reactive ketones (excluding diaryl/α,β-unsaturated/α-hetero) is 1. The smallest absolute Gasteiger partial charge is 0.410 e. The summed E-state index contributed by atoms with van der Waals surface area (Å²) in [5.74, 6) is 1.42. The first-order valence-corrected chi connectivity index (χ1v) is 16.4. The van der Waals surface area contributed by atoms with Gasteiger partial charge in [0.2, 0.25) is 6.41 Å². The Morgan fingerprint density at radius 1 is 1.12 bits per heavy atom. The van der Waals surface area contributed by atoms with Gasteiger partial charge in [-0.25, -0.2) is 9.78 Å². The highest BCUT2D eigenvalue weighted by Crippen LogP contribution is 2.53. The SMILES string of the molecule is C=CNC.CC.CC.CC(C)(C)OC(=O)N1CCC2(CC1)CC2.CCC(=O)CCCCCCc1ncc(Br)[nH]1.NC=O. The molecule has 3 rings (SSSR count). The number of aryl methyl sites for hydroxylation is 1. The van der Waals surface area contributed by atoms with Crippen LogP contribution in [0.3, 0.4) is 0 Å². The third-order valence-electron chi connectivity index (χ3n) is 6.25. The molecule has 4 N–H and O–H groups in total. The number of unbranched alkanes of at least 4 members (excludes halogenated alkanes) is 3. The Labute approximate surface area is 265 Å². The van der Waals surface area contributed by atoms with Crippen molar-refractivity contribution in [1.82, 2.24) is 20.2 Å². The highest BCUT2D eigenvalue weighted by Gasteiger charge is 2.45. The van der Waals surface area contributed by atoms with Crippen molar-refractivity contribution in [3.05, 3.63) is 29.4 Å². The number of rotatable bonds is 9. The molecular weight excluding hydrogens is 598 g/mol. The number of H-pyrrole nitrogens is 1.